The monoisotopic (exact) mass is 447 g/mol. The minimum atomic E-state index is -0.312. The Labute approximate surface area is 197 Å². The number of para-hydroxylation sites is 2. The van der Waals surface area contributed by atoms with E-state index < -0.39 is 0 Å². The Morgan fingerprint density at radius 3 is 2.39 bits per heavy atom. The zero-order chi connectivity index (χ0) is 23.8. The van der Waals surface area contributed by atoms with Gasteiger partial charge in [0.1, 0.15) is 5.82 Å². The zero-order valence-electron chi connectivity index (χ0n) is 20.5. The van der Waals surface area contributed by atoms with E-state index in [4.69, 9.17) is 4.98 Å². The molecule has 1 unspecified atom stereocenters. The van der Waals surface area contributed by atoms with Crippen molar-refractivity contribution in [1.82, 2.24) is 14.5 Å². The fourth-order valence-electron chi connectivity index (χ4n) is 4.37. The van der Waals surface area contributed by atoms with Gasteiger partial charge in [0.15, 0.2) is 0 Å². The second-order valence-corrected chi connectivity index (χ2v) is 8.68. The summed E-state index contributed by atoms with van der Waals surface area (Å²) in [7, 11) is 0. The second kappa shape index (κ2) is 11.8. The molecule has 176 valence electrons. The second-order valence-electron chi connectivity index (χ2n) is 8.68. The summed E-state index contributed by atoms with van der Waals surface area (Å²) in [6, 6.07) is 15.2. The fraction of sp³-hybridized carbons (Fsp3) is 0.464. The van der Waals surface area contributed by atoms with Gasteiger partial charge in [0.05, 0.1) is 22.6 Å². The van der Waals surface area contributed by atoms with Gasteiger partial charge < -0.3 is 4.90 Å². The van der Waals surface area contributed by atoms with Crippen LogP contribution in [0, 0.1) is 0 Å². The first-order valence-electron chi connectivity index (χ1n) is 12.4. The molecule has 3 rings (SSSR count). The lowest BCUT2D eigenvalue weighted by molar-refractivity contribution is -0.133. The van der Waals surface area contributed by atoms with Crippen molar-refractivity contribution in [2.45, 2.75) is 78.7 Å². The fourth-order valence-corrected chi connectivity index (χ4v) is 4.37. The highest BCUT2D eigenvalue weighted by Gasteiger charge is 2.26. The molecular weight excluding hydrogens is 410 g/mol. The number of carbonyl (C=O) groups is 1. The lowest BCUT2D eigenvalue weighted by Gasteiger charge is -2.31. The maximum atomic E-state index is 13.8. The summed E-state index contributed by atoms with van der Waals surface area (Å²) in [4.78, 5) is 33.9. The van der Waals surface area contributed by atoms with Crippen molar-refractivity contribution in [2.24, 2.45) is 0 Å². The van der Waals surface area contributed by atoms with E-state index in [1.165, 1.54) is 0 Å². The summed E-state index contributed by atoms with van der Waals surface area (Å²) in [5, 5.41) is 0.592. The van der Waals surface area contributed by atoms with Gasteiger partial charge in [0.2, 0.25) is 5.91 Å². The molecule has 2 aromatic carbocycles. The number of unbranched alkanes of at least 4 members (excludes halogenated alkanes) is 3. The van der Waals surface area contributed by atoms with E-state index in [1.54, 1.807) is 4.57 Å². The van der Waals surface area contributed by atoms with E-state index >= 15 is 0 Å². The molecule has 0 fully saturated rings. The number of benzene rings is 2. The summed E-state index contributed by atoms with van der Waals surface area (Å²) in [5.74, 6) is 0.763. The maximum absolute atomic E-state index is 13.8. The molecule has 0 aliphatic rings. The molecule has 0 bridgehead atoms. The number of rotatable bonds is 11. The lowest BCUT2D eigenvalue weighted by atomic mass is 10.1. The molecule has 1 aromatic heterocycles. The molecule has 0 aliphatic carbocycles. The Bertz CT molecular complexity index is 1140. The van der Waals surface area contributed by atoms with Gasteiger partial charge in [-0.2, -0.15) is 0 Å². The van der Waals surface area contributed by atoms with Crippen LogP contribution in [0.25, 0.3) is 16.6 Å². The van der Waals surface area contributed by atoms with Crippen LogP contribution in [-0.4, -0.2) is 26.9 Å². The Balaban J connectivity index is 2.20. The number of hydrogen-bond donors (Lipinski definition) is 0. The van der Waals surface area contributed by atoms with Gasteiger partial charge in [0, 0.05) is 13.0 Å². The average molecular weight is 448 g/mol. The van der Waals surface area contributed by atoms with Gasteiger partial charge in [0.25, 0.3) is 5.56 Å². The highest BCUT2D eigenvalue weighted by atomic mass is 16.2. The van der Waals surface area contributed by atoms with Gasteiger partial charge in [-0.3, -0.25) is 14.2 Å². The minimum absolute atomic E-state index is 0.0853. The first kappa shape index (κ1) is 24.7. The van der Waals surface area contributed by atoms with Crippen molar-refractivity contribution in [2.75, 3.05) is 6.54 Å². The van der Waals surface area contributed by atoms with Crippen molar-refractivity contribution < 1.29 is 4.79 Å². The highest BCUT2D eigenvalue weighted by molar-refractivity contribution is 5.79. The molecule has 0 saturated heterocycles. The third-order valence-corrected chi connectivity index (χ3v) is 6.32. The van der Waals surface area contributed by atoms with Gasteiger partial charge in [-0.05, 0) is 49.9 Å². The number of fused-ring (bicyclic) bond motifs is 1. The first-order chi connectivity index (χ1) is 16.0. The molecule has 1 amide bonds. The van der Waals surface area contributed by atoms with E-state index in [9.17, 15) is 9.59 Å². The Kier molecular flexibility index (Phi) is 8.81. The molecule has 0 radical (unpaired) electrons. The summed E-state index contributed by atoms with van der Waals surface area (Å²) in [6.07, 6.45) is 6.28. The summed E-state index contributed by atoms with van der Waals surface area (Å²) >= 11 is 0. The molecule has 0 spiro atoms. The molecule has 0 N–H and O–H groups in total. The average Bonchev–Trinajstić information content (AvgIpc) is 2.84. The van der Waals surface area contributed by atoms with Crippen LogP contribution in [0.3, 0.4) is 0 Å². The van der Waals surface area contributed by atoms with E-state index in [-0.39, 0.29) is 17.5 Å². The van der Waals surface area contributed by atoms with Crippen LogP contribution in [0.1, 0.15) is 83.6 Å². The number of nitrogens with zero attached hydrogens (tertiary/aromatic N) is 3. The molecule has 5 nitrogen and oxygen atoms in total. The van der Waals surface area contributed by atoms with E-state index in [0.29, 0.717) is 29.7 Å². The van der Waals surface area contributed by atoms with Crippen LogP contribution >= 0.6 is 0 Å². The van der Waals surface area contributed by atoms with E-state index in [2.05, 4.69) is 26.8 Å². The molecule has 0 saturated carbocycles. The predicted octanol–water partition coefficient (Wildman–Crippen LogP) is 6.22. The number of aromatic nitrogens is 2. The van der Waals surface area contributed by atoms with E-state index in [1.807, 2.05) is 54.3 Å². The van der Waals surface area contributed by atoms with Crippen LogP contribution in [0.4, 0.5) is 0 Å². The Hall–Kier alpha value is -2.95. The smallest absolute Gasteiger partial charge is 0.266 e. The molecular formula is C28H37N3O2. The molecule has 5 heteroatoms. The van der Waals surface area contributed by atoms with Crippen molar-refractivity contribution in [1.29, 1.82) is 0 Å². The van der Waals surface area contributed by atoms with Gasteiger partial charge in [-0.15, -0.1) is 0 Å². The summed E-state index contributed by atoms with van der Waals surface area (Å²) in [5.41, 5.74) is 2.52. The van der Waals surface area contributed by atoms with Crippen molar-refractivity contribution in [3.8, 4) is 5.69 Å². The van der Waals surface area contributed by atoms with Crippen LogP contribution in [0.5, 0.6) is 0 Å². The topological polar surface area (TPSA) is 55.2 Å². The quantitative estimate of drug-likeness (QED) is 0.328. The summed E-state index contributed by atoms with van der Waals surface area (Å²) in [6.45, 7) is 9.04. The lowest BCUT2D eigenvalue weighted by Crippen LogP contribution is -2.38. The van der Waals surface area contributed by atoms with Crippen molar-refractivity contribution >= 4 is 16.8 Å². The third kappa shape index (κ3) is 5.52. The van der Waals surface area contributed by atoms with Crippen LogP contribution in [0.15, 0.2) is 53.3 Å². The largest absolute Gasteiger partial charge is 0.333 e. The van der Waals surface area contributed by atoms with Crippen LogP contribution < -0.4 is 5.56 Å². The minimum Gasteiger partial charge on any atom is -0.333 e. The SMILES string of the molecule is CCCCCN(C(=O)CCCC)C(C)c1nc2ccccc2c(=O)n1-c1ccccc1CC. The Morgan fingerprint density at radius 2 is 1.67 bits per heavy atom. The number of hydrogen-bond acceptors (Lipinski definition) is 3. The van der Waals surface area contributed by atoms with Crippen molar-refractivity contribution in [3.05, 3.63) is 70.3 Å². The Morgan fingerprint density at radius 1 is 0.970 bits per heavy atom. The molecule has 1 heterocycles. The highest BCUT2D eigenvalue weighted by Crippen LogP contribution is 2.26. The molecule has 3 aromatic rings. The standard InChI is InChI=1S/C28H37N3O2/c1-5-8-14-20-30(26(32)19-9-6-2)21(4)27-29-24-17-12-11-16-23(24)28(33)31(27)25-18-13-10-15-22(25)7-3/h10-13,15-18,21H,5-9,14,19-20H2,1-4H3. The van der Waals surface area contributed by atoms with Gasteiger partial charge >= 0.3 is 0 Å². The maximum Gasteiger partial charge on any atom is 0.266 e. The number of amides is 1. The van der Waals surface area contributed by atoms with Gasteiger partial charge in [-0.1, -0.05) is 70.4 Å². The molecule has 33 heavy (non-hydrogen) atoms. The summed E-state index contributed by atoms with van der Waals surface area (Å²) < 4.78 is 1.74. The number of carbonyl (C=O) groups excluding carboxylic acids is 1. The van der Waals surface area contributed by atoms with Crippen LogP contribution in [0.2, 0.25) is 0 Å². The predicted molar refractivity (Wildman–Crippen MR) is 136 cm³/mol. The molecule has 0 aliphatic heterocycles. The number of aryl methyl sites for hydroxylation is 1. The zero-order valence-corrected chi connectivity index (χ0v) is 20.5. The first-order valence-corrected chi connectivity index (χ1v) is 12.4. The van der Waals surface area contributed by atoms with E-state index in [0.717, 1.165) is 49.8 Å². The van der Waals surface area contributed by atoms with Crippen LogP contribution in [-0.2, 0) is 11.2 Å². The third-order valence-electron chi connectivity index (χ3n) is 6.32. The van der Waals surface area contributed by atoms with Crippen molar-refractivity contribution in [3.63, 3.8) is 0 Å². The molecule has 1 atom stereocenters. The normalized spacial score (nSPS) is 12.1. The van der Waals surface area contributed by atoms with Gasteiger partial charge in [-0.25, -0.2) is 4.98 Å².